The minimum absolute atomic E-state index is 0.179. The van der Waals surface area contributed by atoms with Gasteiger partial charge in [0.05, 0.1) is 11.1 Å². The van der Waals surface area contributed by atoms with E-state index in [1.165, 1.54) is 0 Å². The van der Waals surface area contributed by atoms with Crippen LogP contribution in [0.25, 0.3) is 11.5 Å². The van der Waals surface area contributed by atoms with Gasteiger partial charge in [-0.15, -0.1) is 0 Å². The topological polar surface area (TPSA) is 163 Å². The molecule has 0 aliphatic carbocycles. The standard InChI is InChI=1S/C11H6N4O6/c16-9(17)4-1-13-7(8-14-2-12-3-15-8)6(11(20)21)5(4)10(18)19/h1-3H,(H,16,17)(H,18,19)(H,20,21). The second-order valence-corrected chi connectivity index (χ2v) is 3.65. The number of hydrogen-bond acceptors (Lipinski definition) is 7. The summed E-state index contributed by atoms with van der Waals surface area (Å²) in [5, 5.41) is 27.2. The number of hydrogen-bond donors (Lipinski definition) is 3. The lowest BCUT2D eigenvalue weighted by atomic mass is 10.0. The summed E-state index contributed by atoms with van der Waals surface area (Å²) in [5.74, 6) is -5.15. The Morgan fingerprint density at radius 1 is 0.810 bits per heavy atom. The molecule has 0 radical (unpaired) electrons. The molecule has 10 nitrogen and oxygen atoms in total. The predicted octanol–water partition coefficient (Wildman–Crippen LogP) is 0.0282. The summed E-state index contributed by atoms with van der Waals surface area (Å²) in [7, 11) is 0. The molecule has 106 valence electrons. The lowest BCUT2D eigenvalue weighted by molar-refractivity contribution is 0.0633. The highest BCUT2D eigenvalue weighted by Gasteiger charge is 2.29. The van der Waals surface area contributed by atoms with E-state index >= 15 is 0 Å². The molecule has 0 aliphatic rings. The summed E-state index contributed by atoms with van der Waals surface area (Å²) in [4.78, 5) is 48.1. The summed E-state index contributed by atoms with van der Waals surface area (Å²) < 4.78 is 0. The van der Waals surface area contributed by atoms with Crippen LogP contribution in [0.4, 0.5) is 0 Å². The summed E-state index contributed by atoms with van der Waals surface area (Å²) in [6.45, 7) is 0. The number of carboxylic acids is 3. The predicted molar refractivity (Wildman–Crippen MR) is 63.9 cm³/mol. The Morgan fingerprint density at radius 3 is 1.86 bits per heavy atom. The van der Waals surface area contributed by atoms with Gasteiger partial charge in [0.15, 0.2) is 5.82 Å². The molecule has 2 heterocycles. The van der Waals surface area contributed by atoms with Crippen LogP contribution in [0.15, 0.2) is 18.9 Å². The van der Waals surface area contributed by atoms with E-state index in [9.17, 15) is 19.5 Å². The van der Waals surface area contributed by atoms with Crippen molar-refractivity contribution in [2.24, 2.45) is 0 Å². The van der Waals surface area contributed by atoms with Crippen molar-refractivity contribution in [1.82, 2.24) is 19.9 Å². The Balaban J connectivity index is 2.86. The number of carboxylic acid groups (broad SMARTS) is 3. The van der Waals surface area contributed by atoms with E-state index in [0.29, 0.717) is 0 Å². The third-order valence-corrected chi connectivity index (χ3v) is 2.44. The van der Waals surface area contributed by atoms with Gasteiger partial charge in [0.2, 0.25) is 0 Å². The van der Waals surface area contributed by atoms with E-state index in [4.69, 9.17) is 10.2 Å². The van der Waals surface area contributed by atoms with Crippen molar-refractivity contribution in [2.45, 2.75) is 0 Å². The Kier molecular flexibility index (Phi) is 3.52. The van der Waals surface area contributed by atoms with Crippen LogP contribution in [-0.2, 0) is 0 Å². The molecule has 0 fully saturated rings. The van der Waals surface area contributed by atoms with Gasteiger partial charge in [-0.25, -0.2) is 29.3 Å². The maximum Gasteiger partial charge on any atom is 0.338 e. The normalized spacial score (nSPS) is 10.1. The summed E-state index contributed by atoms with van der Waals surface area (Å²) in [6.07, 6.45) is 2.89. The van der Waals surface area contributed by atoms with E-state index in [1.54, 1.807) is 0 Å². The summed E-state index contributed by atoms with van der Waals surface area (Å²) >= 11 is 0. The molecule has 0 saturated carbocycles. The first-order valence-electron chi connectivity index (χ1n) is 5.28. The average molecular weight is 290 g/mol. The number of aromatic carboxylic acids is 3. The van der Waals surface area contributed by atoms with E-state index in [1.807, 2.05) is 0 Å². The largest absolute Gasteiger partial charge is 0.478 e. The molecular weight excluding hydrogens is 284 g/mol. The molecule has 3 N–H and O–H groups in total. The number of aromatic nitrogens is 4. The molecule has 2 aromatic heterocycles. The fourth-order valence-electron chi connectivity index (χ4n) is 1.63. The Bertz CT molecular complexity index is 746. The zero-order chi connectivity index (χ0) is 15.6. The second-order valence-electron chi connectivity index (χ2n) is 3.65. The first kappa shape index (κ1) is 14.0. The molecule has 2 rings (SSSR count). The van der Waals surface area contributed by atoms with Crippen LogP contribution in [0.1, 0.15) is 31.1 Å². The molecule has 0 spiro atoms. The van der Waals surface area contributed by atoms with Gasteiger partial charge in [0.25, 0.3) is 0 Å². The van der Waals surface area contributed by atoms with Gasteiger partial charge in [-0.2, -0.15) is 0 Å². The minimum atomic E-state index is -1.71. The van der Waals surface area contributed by atoms with Crippen molar-refractivity contribution in [1.29, 1.82) is 0 Å². The fraction of sp³-hybridized carbons (Fsp3) is 0. The van der Waals surface area contributed by atoms with E-state index < -0.39 is 34.6 Å². The number of nitrogens with zero attached hydrogens (tertiary/aromatic N) is 4. The van der Waals surface area contributed by atoms with Crippen LogP contribution >= 0.6 is 0 Å². The number of pyridine rings is 1. The molecule has 0 aliphatic heterocycles. The van der Waals surface area contributed by atoms with Crippen molar-refractivity contribution in [3.63, 3.8) is 0 Å². The monoisotopic (exact) mass is 290 g/mol. The highest BCUT2D eigenvalue weighted by atomic mass is 16.4. The quantitative estimate of drug-likeness (QED) is 0.699. The summed E-state index contributed by atoms with van der Waals surface area (Å²) in [6, 6.07) is 0. The van der Waals surface area contributed by atoms with E-state index in [-0.39, 0.29) is 11.5 Å². The van der Waals surface area contributed by atoms with Crippen LogP contribution in [0.3, 0.4) is 0 Å². The number of rotatable bonds is 4. The van der Waals surface area contributed by atoms with Crippen LogP contribution in [0.5, 0.6) is 0 Å². The zero-order valence-corrected chi connectivity index (χ0v) is 10.1. The van der Waals surface area contributed by atoms with E-state index in [2.05, 4.69) is 19.9 Å². The highest BCUT2D eigenvalue weighted by Crippen LogP contribution is 2.24. The van der Waals surface area contributed by atoms with Crippen LogP contribution in [0, 0.1) is 0 Å². The van der Waals surface area contributed by atoms with Gasteiger partial charge >= 0.3 is 17.9 Å². The third-order valence-electron chi connectivity index (χ3n) is 2.44. The van der Waals surface area contributed by atoms with Gasteiger partial charge in [0.1, 0.15) is 23.9 Å². The van der Waals surface area contributed by atoms with Crippen molar-refractivity contribution in [2.75, 3.05) is 0 Å². The van der Waals surface area contributed by atoms with Crippen molar-refractivity contribution in [3.8, 4) is 11.5 Å². The third kappa shape index (κ3) is 2.49. The highest BCUT2D eigenvalue weighted by molar-refractivity contribution is 6.11. The van der Waals surface area contributed by atoms with Crippen LogP contribution < -0.4 is 0 Å². The SMILES string of the molecule is O=C(O)c1cnc(-c2ncncn2)c(C(=O)O)c1C(=O)O. The van der Waals surface area contributed by atoms with Crippen molar-refractivity contribution >= 4 is 17.9 Å². The molecule has 21 heavy (non-hydrogen) atoms. The first-order chi connectivity index (χ1) is 9.93. The molecular formula is C11H6N4O6. The summed E-state index contributed by atoms with van der Waals surface area (Å²) in [5.41, 5.74) is -2.78. The minimum Gasteiger partial charge on any atom is -0.478 e. The maximum atomic E-state index is 11.3. The lowest BCUT2D eigenvalue weighted by Crippen LogP contribution is -2.17. The Morgan fingerprint density at radius 2 is 1.38 bits per heavy atom. The van der Waals surface area contributed by atoms with Gasteiger partial charge in [0, 0.05) is 6.20 Å². The molecule has 0 amide bonds. The van der Waals surface area contributed by atoms with Gasteiger partial charge in [-0.3, -0.25) is 4.98 Å². The number of carbonyl (C=O) groups is 3. The van der Waals surface area contributed by atoms with Gasteiger partial charge in [-0.1, -0.05) is 0 Å². The Hall–Kier alpha value is -3.43. The maximum absolute atomic E-state index is 11.3. The van der Waals surface area contributed by atoms with Crippen LogP contribution in [-0.4, -0.2) is 53.2 Å². The lowest BCUT2D eigenvalue weighted by Gasteiger charge is -2.09. The molecule has 0 saturated heterocycles. The first-order valence-corrected chi connectivity index (χ1v) is 5.28. The fourth-order valence-corrected chi connectivity index (χ4v) is 1.63. The Labute approximate surface area is 115 Å². The van der Waals surface area contributed by atoms with Crippen molar-refractivity contribution in [3.05, 3.63) is 35.5 Å². The molecule has 0 atom stereocenters. The molecule has 0 unspecified atom stereocenters. The van der Waals surface area contributed by atoms with Gasteiger partial charge in [-0.05, 0) is 0 Å². The molecule has 0 aromatic carbocycles. The second kappa shape index (κ2) is 5.28. The average Bonchev–Trinajstić information content (AvgIpc) is 2.46. The van der Waals surface area contributed by atoms with Crippen molar-refractivity contribution < 1.29 is 29.7 Å². The van der Waals surface area contributed by atoms with Gasteiger partial charge < -0.3 is 15.3 Å². The molecule has 2 aromatic rings. The molecule has 10 heteroatoms. The molecule has 0 bridgehead atoms. The zero-order valence-electron chi connectivity index (χ0n) is 10.1. The smallest absolute Gasteiger partial charge is 0.338 e. The van der Waals surface area contributed by atoms with Crippen LogP contribution in [0.2, 0.25) is 0 Å². The van der Waals surface area contributed by atoms with E-state index in [0.717, 1.165) is 18.9 Å².